The van der Waals surface area contributed by atoms with Crippen molar-refractivity contribution in [1.82, 2.24) is 4.98 Å². The molecule has 7 heteroatoms. The number of thiazole rings is 1. The number of aliphatic carboxylic acids is 1. The summed E-state index contributed by atoms with van der Waals surface area (Å²) in [6.45, 7) is 4.33. The smallest absolute Gasteiger partial charge is 0.328 e. The molecule has 0 bridgehead atoms. The fraction of sp³-hybridized carbons (Fsp3) is 0.267. The number of nitrogens with one attached hydrogen (secondary N) is 1. The topological polar surface area (TPSA) is 79.3 Å². The average molecular weight is 336 g/mol. The summed E-state index contributed by atoms with van der Waals surface area (Å²) in [5.41, 5.74) is 1.52. The van der Waals surface area contributed by atoms with E-state index in [4.69, 9.17) is 5.11 Å². The number of aromatic nitrogens is 1. The van der Waals surface area contributed by atoms with Gasteiger partial charge in [0.1, 0.15) is 0 Å². The van der Waals surface area contributed by atoms with Gasteiger partial charge in [-0.15, -0.1) is 11.3 Å². The second-order valence-electron chi connectivity index (χ2n) is 5.03. The molecule has 1 heterocycles. The van der Waals surface area contributed by atoms with E-state index in [1.54, 1.807) is 29.2 Å². The summed E-state index contributed by atoms with van der Waals surface area (Å²) in [5.74, 6) is -0.00271. The number of hydrogen-bond donors (Lipinski definition) is 2. The van der Waals surface area contributed by atoms with Crippen LogP contribution in [0.5, 0.6) is 0 Å². The summed E-state index contributed by atoms with van der Waals surface area (Å²) >= 11 is 3.32. The van der Waals surface area contributed by atoms with Gasteiger partial charge in [0.2, 0.25) is 5.91 Å². The Morgan fingerprint density at radius 3 is 2.86 bits per heavy atom. The predicted molar refractivity (Wildman–Crippen MR) is 90.6 cm³/mol. The van der Waals surface area contributed by atoms with Crippen LogP contribution in [0.15, 0.2) is 34.7 Å². The number of amides is 1. The molecule has 0 spiro atoms. The number of rotatable bonds is 6. The molecule has 0 atom stereocenters. The Kier molecular flexibility index (Phi) is 5.57. The Hall–Kier alpha value is -1.86. The van der Waals surface area contributed by atoms with E-state index in [0.717, 1.165) is 32.5 Å². The number of anilines is 1. The van der Waals surface area contributed by atoms with Crippen molar-refractivity contribution in [3.05, 3.63) is 30.4 Å². The number of carboxylic acid groups (broad SMARTS) is 1. The highest BCUT2D eigenvalue weighted by atomic mass is 32.2. The van der Waals surface area contributed by atoms with Crippen LogP contribution in [-0.2, 0) is 9.59 Å². The van der Waals surface area contributed by atoms with Crippen molar-refractivity contribution in [2.45, 2.75) is 18.2 Å². The molecule has 116 valence electrons. The van der Waals surface area contributed by atoms with Gasteiger partial charge in [0, 0.05) is 23.6 Å². The van der Waals surface area contributed by atoms with Crippen molar-refractivity contribution in [1.29, 1.82) is 0 Å². The van der Waals surface area contributed by atoms with Gasteiger partial charge in [-0.25, -0.2) is 9.78 Å². The normalized spacial score (nSPS) is 11.4. The summed E-state index contributed by atoms with van der Waals surface area (Å²) in [4.78, 5) is 26.5. The first-order valence-corrected chi connectivity index (χ1v) is 8.49. The van der Waals surface area contributed by atoms with E-state index in [9.17, 15) is 9.59 Å². The van der Waals surface area contributed by atoms with E-state index in [1.165, 1.54) is 0 Å². The maximum Gasteiger partial charge on any atom is 0.328 e. The summed E-state index contributed by atoms with van der Waals surface area (Å²) in [6.07, 6.45) is 1.80. The highest BCUT2D eigenvalue weighted by molar-refractivity contribution is 8.01. The molecule has 0 radical (unpaired) electrons. The second kappa shape index (κ2) is 7.42. The van der Waals surface area contributed by atoms with Crippen molar-refractivity contribution >= 4 is 50.9 Å². The third-order valence-electron chi connectivity index (χ3n) is 2.55. The molecule has 2 rings (SSSR count). The van der Waals surface area contributed by atoms with E-state index >= 15 is 0 Å². The zero-order chi connectivity index (χ0) is 16.1. The molecule has 1 amide bonds. The number of thioether (sulfide) groups is 1. The number of fused-ring (bicyclic) bond motifs is 1. The molecule has 22 heavy (non-hydrogen) atoms. The van der Waals surface area contributed by atoms with Crippen LogP contribution in [0.3, 0.4) is 0 Å². The van der Waals surface area contributed by atoms with E-state index in [1.807, 2.05) is 12.1 Å². The summed E-state index contributed by atoms with van der Waals surface area (Å²) in [7, 11) is 0. The third-order valence-corrected chi connectivity index (χ3v) is 5.14. The fourth-order valence-electron chi connectivity index (χ4n) is 1.61. The first-order valence-electron chi connectivity index (χ1n) is 6.69. The highest BCUT2D eigenvalue weighted by Crippen LogP contribution is 2.32. The average Bonchev–Trinajstić information content (AvgIpc) is 2.85. The fourth-order valence-corrected chi connectivity index (χ4v) is 3.70. The molecule has 2 N–H and O–H groups in total. The first kappa shape index (κ1) is 16.5. The van der Waals surface area contributed by atoms with E-state index in [-0.39, 0.29) is 0 Å². The van der Waals surface area contributed by atoms with Gasteiger partial charge in [0.15, 0.2) is 4.34 Å². The van der Waals surface area contributed by atoms with Crippen LogP contribution in [0.1, 0.15) is 13.8 Å². The Morgan fingerprint density at radius 2 is 2.18 bits per heavy atom. The van der Waals surface area contributed by atoms with Crippen LogP contribution in [0.2, 0.25) is 0 Å². The lowest BCUT2D eigenvalue weighted by molar-refractivity contribution is -0.131. The largest absolute Gasteiger partial charge is 0.478 e. The van der Waals surface area contributed by atoms with Crippen LogP contribution in [0, 0.1) is 5.92 Å². The minimum absolute atomic E-state index is 0.472. The van der Waals surface area contributed by atoms with E-state index in [2.05, 4.69) is 24.1 Å². The molecule has 1 aromatic heterocycles. The summed E-state index contributed by atoms with van der Waals surface area (Å²) in [5, 5.41) is 11.1. The van der Waals surface area contributed by atoms with E-state index in [0.29, 0.717) is 11.6 Å². The monoisotopic (exact) mass is 336 g/mol. The van der Waals surface area contributed by atoms with Gasteiger partial charge in [-0.3, -0.25) is 4.79 Å². The lowest BCUT2D eigenvalue weighted by Crippen LogP contribution is -2.08. The predicted octanol–water partition coefficient (Wildman–Crippen LogP) is 3.62. The minimum Gasteiger partial charge on any atom is -0.478 e. The molecule has 1 aromatic carbocycles. The molecular weight excluding hydrogens is 320 g/mol. The van der Waals surface area contributed by atoms with Gasteiger partial charge in [-0.1, -0.05) is 25.6 Å². The van der Waals surface area contributed by atoms with Gasteiger partial charge in [-0.2, -0.15) is 0 Å². The zero-order valence-corrected chi connectivity index (χ0v) is 13.8. The molecule has 5 nitrogen and oxygen atoms in total. The first-order chi connectivity index (χ1) is 10.4. The molecule has 0 saturated carbocycles. The Labute approximate surface area is 136 Å². The molecule has 0 aliphatic carbocycles. The Bertz CT molecular complexity index is 723. The van der Waals surface area contributed by atoms with Crippen molar-refractivity contribution in [2.75, 3.05) is 11.1 Å². The molecule has 0 aliphatic rings. The van der Waals surface area contributed by atoms with Crippen LogP contribution in [0.4, 0.5) is 5.69 Å². The lowest BCUT2D eigenvalue weighted by atomic mass is 10.3. The van der Waals surface area contributed by atoms with E-state index < -0.39 is 11.9 Å². The van der Waals surface area contributed by atoms with Crippen molar-refractivity contribution in [3.8, 4) is 0 Å². The lowest BCUT2D eigenvalue weighted by Gasteiger charge is -2.00. The molecule has 2 aromatic rings. The van der Waals surface area contributed by atoms with Crippen LogP contribution in [-0.4, -0.2) is 27.7 Å². The molecular formula is C15H16N2O3S2. The highest BCUT2D eigenvalue weighted by Gasteiger charge is 2.07. The summed E-state index contributed by atoms with van der Waals surface area (Å²) in [6, 6.07) is 5.45. The number of carboxylic acids is 1. The third kappa shape index (κ3) is 4.85. The van der Waals surface area contributed by atoms with Gasteiger partial charge in [0.05, 0.1) is 10.2 Å². The standard InChI is InChI=1S/C15H16N2O3S2/c1-9(2)8-21-15-17-11-4-3-10(7-12(11)22-15)16-13(18)5-6-14(19)20/h3-7,9H,8H2,1-2H3,(H,16,18)(H,19,20)/b6-5-. The quantitative estimate of drug-likeness (QED) is 0.622. The Morgan fingerprint density at radius 1 is 1.41 bits per heavy atom. The van der Waals surface area contributed by atoms with Crippen LogP contribution >= 0.6 is 23.1 Å². The number of carbonyl (C=O) groups excluding carboxylic acids is 1. The number of benzene rings is 1. The number of hydrogen-bond acceptors (Lipinski definition) is 5. The van der Waals surface area contributed by atoms with Crippen molar-refractivity contribution < 1.29 is 14.7 Å². The number of nitrogens with zero attached hydrogens (tertiary/aromatic N) is 1. The molecule has 0 fully saturated rings. The number of carbonyl (C=O) groups is 2. The van der Waals surface area contributed by atoms with Gasteiger partial charge in [0.25, 0.3) is 0 Å². The van der Waals surface area contributed by atoms with Gasteiger partial charge in [-0.05, 0) is 24.1 Å². The zero-order valence-electron chi connectivity index (χ0n) is 12.2. The van der Waals surface area contributed by atoms with Gasteiger partial charge < -0.3 is 10.4 Å². The second-order valence-corrected chi connectivity index (χ2v) is 7.33. The van der Waals surface area contributed by atoms with Crippen molar-refractivity contribution in [2.24, 2.45) is 5.92 Å². The maximum absolute atomic E-state index is 11.6. The maximum atomic E-state index is 11.6. The Balaban J connectivity index is 2.09. The summed E-state index contributed by atoms with van der Waals surface area (Å²) < 4.78 is 2.00. The van der Waals surface area contributed by atoms with Gasteiger partial charge >= 0.3 is 5.97 Å². The molecule has 0 aliphatic heterocycles. The molecule has 0 unspecified atom stereocenters. The molecule has 0 saturated heterocycles. The van der Waals surface area contributed by atoms with Crippen LogP contribution < -0.4 is 5.32 Å². The van der Waals surface area contributed by atoms with Crippen molar-refractivity contribution in [3.63, 3.8) is 0 Å². The SMILES string of the molecule is CC(C)CSc1nc2ccc(NC(=O)/C=C\C(=O)O)cc2s1. The minimum atomic E-state index is -1.15. The van der Waals surface area contributed by atoms with Crippen LogP contribution in [0.25, 0.3) is 10.2 Å².